The number of halogens is 1. The lowest BCUT2D eigenvalue weighted by Gasteiger charge is -2.21. The van der Waals surface area contributed by atoms with Gasteiger partial charge in [0.05, 0.1) is 5.69 Å². The van der Waals surface area contributed by atoms with Crippen LogP contribution in [0.2, 0.25) is 0 Å². The predicted octanol–water partition coefficient (Wildman–Crippen LogP) is 5.33. The molecule has 0 fully saturated rings. The summed E-state index contributed by atoms with van der Waals surface area (Å²) in [6.07, 6.45) is 1.77. The maximum absolute atomic E-state index is 14.0. The largest absolute Gasteiger partial charge is 0.253 e. The Balaban J connectivity index is 1.81. The van der Waals surface area contributed by atoms with Gasteiger partial charge in [0.1, 0.15) is 5.82 Å². The van der Waals surface area contributed by atoms with Crippen molar-refractivity contribution in [3.63, 3.8) is 0 Å². The molecular formula is C25H19FNP. The van der Waals surface area contributed by atoms with Crippen molar-refractivity contribution in [2.24, 2.45) is 4.99 Å². The Morgan fingerprint density at radius 1 is 0.607 bits per heavy atom. The lowest BCUT2D eigenvalue weighted by molar-refractivity contribution is 0.630. The molecule has 0 bridgehead atoms. The molecule has 0 amide bonds. The molecule has 0 aliphatic carbocycles. The SMILES string of the molecule is Fc1ccccc1N=Cc1ccccc1P(c1ccccc1)c1ccccc1. The Morgan fingerprint density at radius 2 is 1.14 bits per heavy atom. The highest BCUT2D eigenvalue weighted by Crippen LogP contribution is 2.33. The third-order valence-corrected chi connectivity index (χ3v) is 6.92. The second-order valence-corrected chi connectivity index (χ2v) is 8.46. The molecule has 0 atom stereocenters. The molecule has 4 aromatic carbocycles. The number of aliphatic imine (C=N–C) groups is 1. The van der Waals surface area contributed by atoms with E-state index in [9.17, 15) is 4.39 Å². The first-order valence-corrected chi connectivity index (χ1v) is 10.4. The van der Waals surface area contributed by atoms with Crippen LogP contribution in [0.4, 0.5) is 10.1 Å². The van der Waals surface area contributed by atoms with Crippen LogP contribution in [-0.2, 0) is 0 Å². The predicted molar refractivity (Wildman–Crippen MR) is 119 cm³/mol. The van der Waals surface area contributed by atoms with Gasteiger partial charge in [-0.2, -0.15) is 0 Å². The first-order chi connectivity index (χ1) is 13.8. The van der Waals surface area contributed by atoms with Gasteiger partial charge in [-0.25, -0.2) is 4.39 Å². The normalized spacial score (nSPS) is 11.2. The van der Waals surface area contributed by atoms with Crippen LogP contribution in [0.3, 0.4) is 0 Å². The van der Waals surface area contributed by atoms with Crippen LogP contribution in [0.25, 0.3) is 0 Å². The van der Waals surface area contributed by atoms with E-state index in [0.29, 0.717) is 5.69 Å². The summed E-state index contributed by atoms with van der Waals surface area (Å²) in [4.78, 5) is 4.42. The Bertz CT molecular complexity index is 1040. The van der Waals surface area contributed by atoms with Crippen LogP contribution in [0.15, 0.2) is 114 Å². The van der Waals surface area contributed by atoms with Gasteiger partial charge in [0.15, 0.2) is 0 Å². The molecule has 0 aliphatic rings. The molecule has 0 aromatic heterocycles. The van der Waals surface area contributed by atoms with E-state index in [0.717, 1.165) is 5.56 Å². The number of benzene rings is 4. The van der Waals surface area contributed by atoms with E-state index in [1.165, 1.54) is 22.0 Å². The summed E-state index contributed by atoms with van der Waals surface area (Å²) in [5, 5.41) is 3.75. The topological polar surface area (TPSA) is 12.4 Å². The molecule has 136 valence electrons. The first kappa shape index (κ1) is 18.3. The highest BCUT2D eigenvalue weighted by Gasteiger charge is 2.18. The van der Waals surface area contributed by atoms with Gasteiger partial charge in [0, 0.05) is 11.8 Å². The zero-order valence-corrected chi connectivity index (χ0v) is 16.1. The summed E-state index contributed by atoms with van der Waals surface area (Å²) in [7, 11) is -0.740. The Kier molecular flexibility index (Phi) is 5.70. The number of hydrogen-bond acceptors (Lipinski definition) is 1. The van der Waals surface area contributed by atoms with Crippen LogP contribution in [0.1, 0.15) is 5.56 Å². The van der Waals surface area contributed by atoms with Crippen molar-refractivity contribution >= 4 is 35.7 Å². The van der Waals surface area contributed by atoms with Crippen molar-refractivity contribution in [1.82, 2.24) is 0 Å². The lowest BCUT2D eigenvalue weighted by Crippen LogP contribution is -2.23. The van der Waals surface area contributed by atoms with Crippen molar-refractivity contribution < 1.29 is 4.39 Å². The fourth-order valence-corrected chi connectivity index (χ4v) is 5.50. The van der Waals surface area contributed by atoms with Crippen molar-refractivity contribution in [2.45, 2.75) is 0 Å². The molecule has 0 saturated carbocycles. The maximum Gasteiger partial charge on any atom is 0.148 e. The summed E-state index contributed by atoms with van der Waals surface area (Å²) in [5.41, 5.74) is 1.35. The average molecular weight is 383 g/mol. The van der Waals surface area contributed by atoms with E-state index in [1.807, 2.05) is 24.3 Å². The molecule has 28 heavy (non-hydrogen) atoms. The van der Waals surface area contributed by atoms with Crippen molar-refractivity contribution in [3.05, 3.63) is 121 Å². The smallest absolute Gasteiger partial charge is 0.148 e. The van der Waals surface area contributed by atoms with Crippen molar-refractivity contribution in [3.8, 4) is 0 Å². The zero-order valence-electron chi connectivity index (χ0n) is 15.2. The van der Waals surface area contributed by atoms with Crippen molar-refractivity contribution in [2.75, 3.05) is 0 Å². The zero-order chi connectivity index (χ0) is 19.2. The number of para-hydroxylation sites is 1. The quantitative estimate of drug-likeness (QED) is 0.326. The standard InChI is InChI=1S/C25H19FNP/c26-23-16-8-9-17-24(23)27-19-20-11-7-10-18-25(20)28(21-12-3-1-4-13-21)22-14-5-2-6-15-22/h1-19H. The van der Waals surface area contributed by atoms with Gasteiger partial charge in [-0.05, 0) is 36.0 Å². The summed E-state index contributed by atoms with van der Waals surface area (Å²) in [6.45, 7) is 0. The van der Waals surface area contributed by atoms with Crippen LogP contribution in [0, 0.1) is 5.82 Å². The molecule has 0 spiro atoms. The third kappa shape index (κ3) is 4.08. The Labute approximate surface area is 166 Å². The monoisotopic (exact) mass is 383 g/mol. The highest BCUT2D eigenvalue weighted by atomic mass is 31.1. The van der Waals surface area contributed by atoms with E-state index < -0.39 is 7.92 Å². The number of hydrogen-bond donors (Lipinski definition) is 0. The van der Waals surface area contributed by atoms with E-state index in [2.05, 4.69) is 65.7 Å². The first-order valence-electron chi connectivity index (χ1n) is 9.11. The molecule has 0 radical (unpaired) electrons. The van der Waals surface area contributed by atoms with Gasteiger partial charge >= 0.3 is 0 Å². The molecular weight excluding hydrogens is 364 g/mol. The van der Waals surface area contributed by atoms with Crippen LogP contribution in [0.5, 0.6) is 0 Å². The van der Waals surface area contributed by atoms with Gasteiger partial charge in [-0.3, -0.25) is 4.99 Å². The average Bonchev–Trinajstić information content (AvgIpc) is 2.76. The molecule has 0 unspecified atom stereocenters. The van der Waals surface area contributed by atoms with Gasteiger partial charge in [0.25, 0.3) is 0 Å². The maximum atomic E-state index is 14.0. The number of rotatable bonds is 5. The van der Waals surface area contributed by atoms with E-state index >= 15 is 0 Å². The Hall–Kier alpha value is -3.09. The molecule has 0 heterocycles. The van der Waals surface area contributed by atoms with E-state index in [4.69, 9.17) is 0 Å². The summed E-state index contributed by atoms with van der Waals surface area (Å²) in [6, 6.07) is 35.9. The van der Waals surface area contributed by atoms with E-state index in [-0.39, 0.29) is 5.82 Å². The van der Waals surface area contributed by atoms with Crippen molar-refractivity contribution in [1.29, 1.82) is 0 Å². The molecule has 0 saturated heterocycles. The minimum Gasteiger partial charge on any atom is -0.253 e. The minimum absolute atomic E-state index is 0.315. The molecule has 3 heteroatoms. The van der Waals surface area contributed by atoms with E-state index in [1.54, 1.807) is 24.4 Å². The fourth-order valence-electron chi connectivity index (χ4n) is 3.08. The lowest BCUT2D eigenvalue weighted by atomic mass is 10.2. The summed E-state index contributed by atoms with van der Waals surface area (Å²) < 4.78 is 14.0. The summed E-state index contributed by atoms with van der Waals surface area (Å²) >= 11 is 0. The third-order valence-electron chi connectivity index (χ3n) is 4.40. The van der Waals surface area contributed by atoms with Crippen LogP contribution < -0.4 is 15.9 Å². The van der Waals surface area contributed by atoms with Gasteiger partial charge in [-0.15, -0.1) is 0 Å². The second kappa shape index (κ2) is 8.73. The molecule has 0 N–H and O–H groups in total. The molecule has 1 nitrogen and oxygen atoms in total. The van der Waals surface area contributed by atoms with Gasteiger partial charge in [0.2, 0.25) is 0 Å². The van der Waals surface area contributed by atoms with Crippen LogP contribution >= 0.6 is 7.92 Å². The Morgan fingerprint density at radius 3 is 1.79 bits per heavy atom. The fraction of sp³-hybridized carbons (Fsp3) is 0. The van der Waals surface area contributed by atoms with Crippen LogP contribution in [-0.4, -0.2) is 6.21 Å². The molecule has 4 rings (SSSR count). The second-order valence-electron chi connectivity index (χ2n) is 6.27. The molecule has 0 aliphatic heterocycles. The number of nitrogens with zero attached hydrogens (tertiary/aromatic N) is 1. The highest BCUT2D eigenvalue weighted by molar-refractivity contribution is 7.80. The summed E-state index contributed by atoms with van der Waals surface area (Å²) in [5.74, 6) is -0.315. The minimum atomic E-state index is -0.740. The van der Waals surface area contributed by atoms with Gasteiger partial charge in [-0.1, -0.05) is 97.1 Å². The molecule has 4 aromatic rings. The van der Waals surface area contributed by atoms with Gasteiger partial charge < -0.3 is 0 Å².